The van der Waals surface area contributed by atoms with Gasteiger partial charge in [0.15, 0.2) is 11.5 Å². The van der Waals surface area contributed by atoms with Crippen LogP contribution in [-0.4, -0.2) is 49.2 Å². The van der Waals surface area contributed by atoms with E-state index in [-0.39, 0.29) is 11.4 Å². The maximum Gasteiger partial charge on any atom is 0.220 e. The number of carbonyl (C=O) groups excluding carboxylic acids is 1. The summed E-state index contributed by atoms with van der Waals surface area (Å²) in [6, 6.07) is 5.94. The van der Waals surface area contributed by atoms with Crippen molar-refractivity contribution in [1.82, 2.24) is 10.2 Å². The smallest absolute Gasteiger partial charge is 0.220 e. The Morgan fingerprint density at radius 2 is 1.77 bits per heavy atom. The lowest BCUT2D eigenvalue weighted by atomic mass is 10.0. The minimum atomic E-state index is -0.200. The molecule has 1 fully saturated rings. The fraction of sp³-hybridized carbons (Fsp3) is 0.667. The van der Waals surface area contributed by atoms with Crippen LogP contribution in [0.25, 0.3) is 0 Å². The van der Waals surface area contributed by atoms with Gasteiger partial charge in [0.05, 0.1) is 0 Å². The summed E-state index contributed by atoms with van der Waals surface area (Å²) in [7, 11) is 0. The third-order valence-electron chi connectivity index (χ3n) is 5.04. The van der Waals surface area contributed by atoms with E-state index >= 15 is 0 Å². The van der Waals surface area contributed by atoms with E-state index in [1.54, 1.807) is 0 Å². The third-order valence-corrected chi connectivity index (χ3v) is 5.04. The monoisotopic (exact) mass is 360 g/mol. The van der Waals surface area contributed by atoms with Crippen molar-refractivity contribution in [3.8, 4) is 11.5 Å². The van der Waals surface area contributed by atoms with Crippen LogP contribution in [0.15, 0.2) is 18.2 Å². The molecule has 0 aromatic heterocycles. The molecule has 144 valence electrons. The van der Waals surface area contributed by atoms with Gasteiger partial charge in [-0.3, -0.25) is 4.79 Å². The normalized spacial score (nSPS) is 18.2. The second-order valence-electron chi connectivity index (χ2n) is 8.10. The van der Waals surface area contributed by atoms with Crippen molar-refractivity contribution in [2.24, 2.45) is 0 Å². The number of likely N-dealkylation sites (tertiary alicyclic amines) is 1. The molecule has 1 N–H and O–H groups in total. The Labute approximate surface area is 157 Å². The predicted molar refractivity (Wildman–Crippen MR) is 103 cm³/mol. The van der Waals surface area contributed by atoms with Crippen LogP contribution in [0.4, 0.5) is 0 Å². The maximum absolute atomic E-state index is 12.4. The largest absolute Gasteiger partial charge is 0.486 e. The fourth-order valence-electron chi connectivity index (χ4n) is 3.83. The first-order chi connectivity index (χ1) is 12.5. The van der Waals surface area contributed by atoms with Crippen molar-refractivity contribution < 1.29 is 14.3 Å². The van der Waals surface area contributed by atoms with Gasteiger partial charge in [0.2, 0.25) is 5.91 Å². The Morgan fingerprint density at radius 3 is 2.50 bits per heavy atom. The summed E-state index contributed by atoms with van der Waals surface area (Å²) in [5.41, 5.74) is 0.906. The SMILES string of the molecule is CC(C)(CN1CCCCCC1)NC(=O)CCc1ccc2c(c1)OCCO2. The zero-order chi connectivity index (χ0) is 18.4. The van der Waals surface area contributed by atoms with Crippen molar-refractivity contribution in [1.29, 1.82) is 0 Å². The molecule has 0 spiro atoms. The van der Waals surface area contributed by atoms with Gasteiger partial charge in [-0.1, -0.05) is 18.9 Å². The highest BCUT2D eigenvalue weighted by atomic mass is 16.6. The van der Waals surface area contributed by atoms with Crippen molar-refractivity contribution in [2.75, 3.05) is 32.8 Å². The summed E-state index contributed by atoms with van der Waals surface area (Å²) in [5, 5.41) is 3.22. The van der Waals surface area contributed by atoms with E-state index in [4.69, 9.17) is 9.47 Å². The Hall–Kier alpha value is -1.75. The van der Waals surface area contributed by atoms with E-state index in [2.05, 4.69) is 24.1 Å². The quantitative estimate of drug-likeness (QED) is 0.847. The first-order valence-corrected chi connectivity index (χ1v) is 9.94. The van der Waals surface area contributed by atoms with E-state index in [0.717, 1.165) is 36.7 Å². The summed E-state index contributed by atoms with van der Waals surface area (Å²) in [5.74, 6) is 1.69. The number of benzene rings is 1. The van der Waals surface area contributed by atoms with Crippen LogP contribution in [-0.2, 0) is 11.2 Å². The average Bonchev–Trinajstić information content (AvgIpc) is 2.87. The molecule has 5 heteroatoms. The van der Waals surface area contributed by atoms with E-state index in [1.807, 2.05) is 18.2 Å². The first kappa shape index (κ1) is 19.0. The second kappa shape index (κ2) is 8.76. The number of amides is 1. The number of hydrogen-bond donors (Lipinski definition) is 1. The number of ether oxygens (including phenoxy) is 2. The number of fused-ring (bicyclic) bond motifs is 1. The van der Waals surface area contributed by atoms with E-state index in [1.165, 1.54) is 25.7 Å². The van der Waals surface area contributed by atoms with Crippen LogP contribution < -0.4 is 14.8 Å². The van der Waals surface area contributed by atoms with Crippen LogP contribution in [0.1, 0.15) is 51.5 Å². The molecule has 2 aliphatic rings. The predicted octanol–water partition coefficient (Wildman–Crippen LogP) is 3.16. The Morgan fingerprint density at radius 1 is 1.08 bits per heavy atom. The molecule has 0 aliphatic carbocycles. The van der Waals surface area contributed by atoms with Gasteiger partial charge in [-0.15, -0.1) is 0 Å². The fourth-order valence-corrected chi connectivity index (χ4v) is 3.83. The standard InChI is InChI=1S/C21H32N2O3/c1-21(2,16-23-11-5-3-4-6-12-23)22-20(24)10-8-17-7-9-18-19(15-17)26-14-13-25-18/h7,9,15H,3-6,8,10-14,16H2,1-2H3,(H,22,24). The lowest BCUT2D eigenvalue weighted by molar-refractivity contribution is -0.122. The minimum absolute atomic E-state index is 0.111. The maximum atomic E-state index is 12.4. The minimum Gasteiger partial charge on any atom is -0.486 e. The molecular formula is C21H32N2O3. The molecule has 0 atom stereocenters. The van der Waals surface area contributed by atoms with Gasteiger partial charge >= 0.3 is 0 Å². The Balaban J connectivity index is 1.46. The molecule has 0 saturated carbocycles. The molecule has 2 aliphatic heterocycles. The Kier molecular flexibility index (Phi) is 6.41. The van der Waals surface area contributed by atoms with Crippen molar-refractivity contribution in [3.63, 3.8) is 0 Å². The van der Waals surface area contributed by atoms with Gasteiger partial charge in [0.1, 0.15) is 13.2 Å². The average molecular weight is 360 g/mol. The summed E-state index contributed by atoms with van der Waals surface area (Å²) in [4.78, 5) is 14.9. The van der Waals surface area contributed by atoms with Gasteiger partial charge in [-0.05, 0) is 63.9 Å². The third kappa shape index (κ3) is 5.63. The van der Waals surface area contributed by atoms with Crippen LogP contribution in [0.2, 0.25) is 0 Å². The summed E-state index contributed by atoms with van der Waals surface area (Å²) < 4.78 is 11.2. The van der Waals surface area contributed by atoms with Crippen LogP contribution in [0.5, 0.6) is 11.5 Å². The van der Waals surface area contributed by atoms with E-state index in [9.17, 15) is 4.79 Å². The zero-order valence-electron chi connectivity index (χ0n) is 16.2. The number of nitrogens with one attached hydrogen (secondary N) is 1. The topological polar surface area (TPSA) is 50.8 Å². The lowest BCUT2D eigenvalue weighted by Gasteiger charge is -2.33. The number of rotatable bonds is 6. The van der Waals surface area contributed by atoms with Crippen molar-refractivity contribution in [2.45, 2.75) is 57.9 Å². The van der Waals surface area contributed by atoms with Crippen molar-refractivity contribution in [3.05, 3.63) is 23.8 Å². The van der Waals surface area contributed by atoms with Gasteiger partial charge in [-0.25, -0.2) is 0 Å². The first-order valence-electron chi connectivity index (χ1n) is 9.94. The molecule has 1 aromatic rings. The van der Waals surface area contributed by atoms with Gasteiger partial charge in [-0.2, -0.15) is 0 Å². The second-order valence-corrected chi connectivity index (χ2v) is 8.10. The van der Waals surface area contributed by atoms with Crippen LogP contribution in [0.3, 0.4) is 0 Å². The number of nitrogens with zero attached hydrogens (tertiary/aromatic N) is 1. The number of carbonyl (C=O) groups is 1. The molecule has 1 aromatic carbocycles. The molecule has 2 heterocycles. The van der Waals surface area contributed by atoms with Gasteiger partial charge < -0.3 is 19.7 Å². The van der Waals surface area contributed by atoms with E-state index in [0.29, 0.717) is 26.1 Å². The highest BCUT2D eigenvalue weighted by Crippen LogP contribution is 2.31. The summed E-state index contributed by atoms with van der Waals surface area (Å²) in [6.07, 6.45) is 6.41. The molecule has 1 saturated heterocycles. The number of hydrogen-bond acceptors (Lipinski definition) is 4. The molecule has 0 unspecified atom stereocenters. The molecule has 0 bridgehead atoms. The highest BCUT2D eigenvalue weighted by molar-refractivity contribution is 5.77. The zero-order valence-corrected chi connectivity index (χ0v) is 16.2. The van der Waals surface area contributed by atoms with Gasteiger partial charge in [0, 0.05) is 18.5 Å². The van der Waals surface area contributed by atoms with Gasteiger partial charge in [0.25, 0.3) is 0 Å². The summed E-state index contributed by atoms with van der Waals surface area (Å²) >= 11 is 0. The van der Waals surface area contributed by atoms with Crippen molar-refractivity contribution >= 4 is 5.91 Å². The van der Waals surface area contributed by atoms with Crippen LogP contribution in [0, 0.1) is 0 Å². The molecule has 5 nitrogen and oxygen atoms in total. The molecular weight excluding hydrogens is 328 g/mol. The summed E-state index contributed by atoms with van der Waals surface area (Å²) in [6.45, 7) is 8.65. The number of aryl methyl sites for hydroxylation is 1. The molecule has 0 radical (unpaired) electrons. The van der Waals surface area contributed by atoms with Crippen LogP contribution >= 0.6 is 0 Å². The van der Waals surface area contributed by atoms with E-state index < -0.39 is 0 Å². The molecule has 3 rings (SSSR count). The molecule has 26 heavy (non-hydrogen) atoms. The lowest BCUT2D eigenvalue weighted by Crippen LogP contribution is -2.51. The molecule has 1 amide bonds. The highest BCUT2D eigenvalue weighted by Gasteiger charge is 2.24. The Bertz CT molecular complexity index is 607.